The Bertz CT molecular complexity index is 2730. The smallest absolute Gasteiger partial charge is 0.137 e. The lowest BCUT2D eigenvalue weighted by molar-refractivity contribution is 0.669. The second-order valence-corrected chi connectivity index (χ2v) is 13.4. The number of nitrogens with zero attached hydrogens (tertiary/aromatic N) is 1. The summed E-state index contributed by atoms with van der Waals surface area (Å²) in [5, 5.41) is 10.1. The van der Waals surface area contributed by atoms with E-state index in [1.54, 1.807) is 0 Å². The zero-order chi connectivity index (χ0) is 28.8. The highest BCUT2D eigenvalue weighted by Gasteiger charge is 2.22. The van der Waals surface area contributed by atoms with Crippen molar-refractivity contribution in [2.24, 2.45) is 0 Å². The highest BCUT2D eigenvalue weighted by atomic mass is 32.1. The predicted molar refractivity (Wildman–Crippen MR) is 192 cm³/mol. The molecule has 0 saturated heterocycles. The standard InChI is InChI=1S/C40H23NOS2/c1-2-10-25(11-3-1)41(26-18-19-29-28-13-6-7-16-34(28)43-36(29)23-26)31-14-8-15-32-38(31)39-33(42-32)21-20-30-37-27-12-5-4-9-24(27)17-22-35(37)44-40(30)39/h1-23H. The van der Waals surface area contributed by atoms with Gasteiger partial charge in [0.15, 0.2) is 0 Å². The first-order chi connectivity index (χ1) is 21.8. The van der Waals surface area contributed by atoms with Crippen LogP contribution in [0.1, 0.15) is 0 Å². The quantitative estimate of drug-likeness (QED) is 0.201. The maximum atomic E-state index is 6.60. The third kappa shape index (κ3) is 3.41. The largest absolute Gasteiger partial charge is 0.456 e. The van der Waals surface area contributed by atoms with E-state index >= 15 is 0 Å². The third-order valence-corrected chi connectivity index (χ3v) is 11.2. The number of thiophene rings is 2. The molecule has 0 radical (unpaired) electrons. The highest BCUT2D eigenvalue weighted by Crippen LogP contribution is 2.49. The maximum absolute atomic E-state index is 6.60. The van der Waals surface area contributed by atoms with Gasteiger partial charge in [-0.15, -0.1) is 22.7 Å². The van der Waals surface area contributed by atoms with Crippen LogP contribution in [-0.4, -0.2) is 0 Å². The van der Waals surface area contributed by atoms with E-state index in [1.165, 1.54) is 56.5 Å². The van der Waals surface area contributed by atoms with Gasteiger partial charge in [0.2, 0.25) is 0 Å². The van der Waals surface area contributed by atoms with Crippen molar-refractivity contribution >= 4 is 113 Å². The first-order valence-electron chi connectivity index (χ1n) is 14.8. The monoisotopic (exact) mass is 597 g/mol. The van der Waals surface area contributed by atoms with Gasteiger partial charge in [-0.2, -0.15) is 0 Å². The van der Waals surface area contributed by atoms with Gasteiger partial charge in [-0.05, 0) is 71.4 Å². The fraction of sp³-hybridized carbons (Fsp3) is 0. The second-order valence-electron chi connectivity index (χ2n) is 11.3. The molecule has 10 rings (SSSR count). The number of hydrogen-bond donors (Lipinski definition) is 0. The van der Waals surface area contributed by atoms with E-state index in [0.717, 1.165) is 33.6 Å². The van der Waals surface area contributed by atoms with Crippen molar-refractivity contribution in [1.82, 2.24) is 0 Å². The van der Waals surface area contributed by atoms with Crippen LogP contribution in [-0.2, 0) is 0 Å². The first-order valence-corrected chi connectivity index (χ1v) is 16.4. The zero-order valence-electron chi connectivity index (χ0n) is 23.5. The van der Waals surface area contributed by atoms with Crippen molar-refractivity contribution in [2.75, 3.05) is 4.90 Å². The van der Waals surface area contributed by atoms with Gasteiger partial charge in [0.1, 0.15) is 11.2 Å². The van der Waals surface area contributed by atoms with E-state index < -0.39 is 0 Å². The summed E-state index contributed by atoms with van der Waals surface area (Å²) in [5.41, 5.74) is 5.18. The molecule has 0 atom stereocenters. The molecule has 2 nitrogen and oxygen atoms in total. The van der Waals surface area contributed by atoms with Gasteiger partial charge in [0.25, 0.3) is 0 Å². The number of para-hydroxylation sites is 1. The maximum Gasteiger partial charge on any atom is 0.137 e. The Morgan fingerprint density at radius 1 is 0.432 bits per heavy atom. The molecule has 206 valence electrons. The van der Waals surface area contributed by atoms with Crippen molar-refractivity contribution in [3.8, 4) is 0 Å². The van der Waals surface area contributed by atoms with Crippen LogP contribution in [0.2, 0.25) is 0 Å². The van der Waals surface area contributed by atoms with Crippen LogP contribution < -0.4 is 4.90 Å². The van der Waals surface area contributed by atoms with Crippen molar-refractivity contribution in [3.63, 3.8) is 0 Å². The average Bonchev–Trinajstić information content (AvgIpc) is 3.76. The summed E-state index contributed by atoms with van der Waals surface area (Å²) in [7, 11) is 0. The third-order valence-electron chi connectivity index (χ3n) is 8.84. The highest BCUT2D eigenvalue weighted by molar-refractivity contribution is 7.27. The molecule has 0 unspecified atom stereocenters. The van der Waals surface area contributed by atoms with Crippen LogP contribution >= 0.6 is 22.7 Å². The van der Waals surface area contributed by atoms with Crippen LogP contribution in [0.15, 0.2) is 144 Å². The van der Waals surface area contributed by atoms with Crippen molar-refractivity contribution in [2.45, 2.75) is 0 Å². The molecule has 0 spiro atoms. The molecule has 0 aliphatic heterocycles. The molecule has 0 aliphatic rings. The lowest BCUT2D eigenvalue weighted by Gasteiger charge is -2.26. The van der Waals surface area contributed by atoms with Gasteiger partial charge in [-0.25, -0.2) is 0 Å². The zero-order valence-corrected chi connectivity index (χ0v) is 25.1. The Morgan fingerprint density at radius 3 is 2.14 bits per heavy atom. The summed E-state index contributed by atoms with van der Waals surface area (Å²) in [6, 6.07) is 50.3. The van der Waals surface area contributed by atoms with Crippen LogP contribution in [0, 0.1) is 0 Å². The summed E-state index contributed by atoms with van der Waals surface area (Å²) in [5.74, 6) is 0. The minimum Gasteiger partial charge on any atom is -0.456 e. The Hall–Kier alpha value is -5.16. The molecule has 0 saturated carbocycles. The number of furan rings is 1. The van der Waals surface area contributed by atoms with E-state index in [0.29, 0.717) is 0 Å². The number of hydrogen-bond acceptors (Lipinski definition) is 4. The Morgan fingerprint density at radius 2 is 1.20 bits per heavy atom. The van der Waals surface area contributed by atoms with E-state index in [1.807, 2.05) is 22.7 Å². The number of benzene rings is 7. The second kappa shape index (κ2) is 9.17. The Kier molecular flexibility index (Phi) is 5.06. The van der Waals surface area contributed by atoms with E-state index in [2.05, 4.69) is 144 Å². The number of anilines is 3. The van der Waals surface area contributed by atoms with Gasteiger partial charge in [-0.1, -0.05) is 78.9 Å². The normalized spacial score (nSPS) is 12.1. The molecular weight excluding hydrogens is 575 g/mol. The molecule has 3 aromatic heterocycles. The molecule has 7 aromatic carbocycles. The lowest BCUT2D eigenvalue weighted by atomic mass is 10.0. The molecule has 44 heavy (non-hydrogen) atoms. The Balaban J connectivity index is 1.30. The predicted octanol–water partition coefficient (Wildman–Crippen LogP) is 12.9. The molecule has 10 aromatic rings. The fourth-order valence-corrected chi connectivity index (χ4v) is 9.33. The topological polar surface area (TPSA) is 16.4 Å². The van der Waals surface area contributed by atoms with Crippen LogP contribution in [0.5, 0.6) is 0 Å². The average molecular weight is 598 g/mol. The van der Waals surface area contributed by atoms with E-state index in [-0.39, 0.29) is 0 Å². The van der Waals surface area contributed by atoms with Gasteiger partial charge in [0, 0.05) is 57.1 Å². The van der Waals surface area contributed by atoms with Crippen LogP contribution in [0.25, 0.3) is 73.1 Å². The summed E-state index contributed by atoms with van der Waals surface area (Å²) < 4.78 is 11.8. The fourth-order valence-electron chi connectivity index (χ4n) is 6.93. The molecule has 0 bridgehead atoms. The van der Waals surface area contributed by atoms with E-state index in [4.69, 9.17) is 4.42 Å². The number of fused-ring (bicyclic) bond motifs is 12. The minimum atomic E-state index is 0.899. The van der Waals surface area contributed by atoms with Crippen molar-refractivity contribution < 1.29 is 4.42 Å². The van der Waals surface area contributed by atoms with Gasteiger partial charge in [0.05, 0.1) is 11.1 Å². The molecule has 0 aliphatic carbocycles. The molecule has 0 amide bonds. The summed E-state index contributed by atoms with van der Waals surface area (Å²) in [4.78, 5) is 2.39. The van der Waals surface area contributed by atoms with E-state index in [9.17, 15) is 0 Å². The van der Waals surface area contributed by atoms with Crippen molar-refractivity contribution in [1.29, 1.82) is 0 Å². The lowest BCUT2D eigenvalue weighted by Crippen LogP contribution is -2.10. The van der Waals surface area contributed by atoms with Crippen LogP contribution in [0.4, 0.5) is 17.1 Å². The summed E-state index contributed by atoms with van der Waals surface area (Å²) in [6.45, 7) is 0. The molecule has 0 N–H and O–H groups in total. The minimum absolute atomic E-state index is 0.899. The Labute approximate surface area is 260 Å². The van der Waals surface area contributed by atoms with Gasteiger partial charge in [-0.3, -0.25) is 0 Å². The summed E-state index contributed by atoms with van der Waals surface area (Å²) in [6.07, 6.45) is 0. The number of rotatable bonds is 3. The SMILES string of the molecule is c1ccc(N(c2ccc3c(c2)sc2ccccc23)c2cccc3oc4ccc5c(sc6ccc7ccccc7c65)c4c23)cc1. The molecule has 0 fully saturated rings. The van der Waals surface area contributed by atoms with Gasteiger partial charge >= 0.3 is 0 Å². The molecule has 3 heterocycles. The van der Waals surface area contributed by atoms with Crippen molar-refractivity contribution in [3.05, 3.63) is 140 Å². The van der Waals surface area contributed by atoms with Gasteiger partial charge < -0.3 is 9.32 Å². The molecular formula is C40H23NOS2. The molecule has 4 heteroatoms. The first kappa shape index (κ1) is 24.3. The summed E-state index contributed by atoms with van der Waals surface area (Å²) >= 11 is 3.72. The van der Waals surface area contributed by atoms with Crippen LogP contribution in [0.3, 0.4) is 0 Å².